The molecular weight excluding hydrogens is 498 g/mol. The first-order valence-corrected chi connectivity index (χ1v) is 12.9. The predicted octanol–water partition coefficient (Wildman–Crippen LogP) is -1.39. The van der Waals surface area contributed by atoms with Gasteiger partial charge >= 0.3 is 6.03 Å². The molecule has 0 aliphatic carbocycles. The van der Waals surface area contributed by atoms with Crippen molar-refractivity contribution in [3.63, 3.8) is 0 Å². The smallest absolute Gasteiger partial charge is 0.312 e. The zero-order valence-corrected chi connectivity index (χ0v) is 21.2. The lowest BCUT2D eigenvalue weighted by Gasteiger charge is -2.26. The molecule has 6 N–H and O–H groups in total. The summed E-state index contributed by atoms with van der Waals surface area (Å²) in [5, 5.41) is 5.15. The molecule has 1 aliphatic heterocycles. The van der Waals surface area contributed by atoms with Crippen LogP contribution in [-0.2, 0) is 34.1 Å². The summed E-state index contributed by atoms with van der Waals surface area (Å²) in [5.41, 5.74) is 4.99. The van der Waals surface area contributed by atoms with E-state index in [0.717, 1.165) is 12.2 Å². The maximum Gasteiger partial charge on any atom is 0.312 e. The van der Waals surface area contributed by atoms with Crippen LogP contribution in [0.4, 0.5) is 4.79 Å². The summed E-state index contributed by atoms with van der Waals surface area (Å²) < 4.78 is 33.3. The molecule has 6 amide bonds. The molecule has 0 saturated heterocycles. The summed E-state index contributed by atoms with van der Waals surface area (Å²) in [6.07, 6.45) is 1.99. The number of carbonyl (C=O) groups excluding carboxylic acids is 6. The van der Waals surface area contributed by atoms with Crippen LogP contribution in [0, 0.1) is 5.92 Å². The van der Waals surface area contributed by atoms with E-state index >= 15 is 0 Å². The van der Waals surface area contributed by atoms with Crippen LogP contribution in [0.2, 0.25) is 0 Å². The molecule has 1 rings (SSSR count). The van der Waals surface area contributed by atoms with E-state index in [1.807, 2.05) is 0 Å². The van der Waals surface area contributed by atoms with Crippen molar-refractivity contribution in [1.82, 2.24) is 20.9 Å². The number of hydrogen-bond donors (Lipinski definition) is 5. The third-order valence-electron chi connectivity index (χ3n) is 5.44. The molecule has 0 saturated carbocycles. The van der Waals surface area contributed by atoms with Crippen molar-refractivity contribution in [2.75, 3.05) is 13.1 Å². The molecule has 14 nitrogen and oxygen atoms in total. The maximum atomic E-state index is 12.9. The molecule has 3 atom stereocenters. The lowest BCUT2D eigenvalue weighted by molar-refractivity contribution is -0.137. The highest BCUT2D eigenvalue weighted by Gasteiger charge is 2.37. The molecule has 36 heavy (non-hydrogen) atoms. The number of urea groups is 1. The van der Waals surface area contributed by atoms with E-state index in [0.29, 0.717) is 11.3 Å². The zero-order valence-electron chi connectivity index (χ0n) is 20.4. The number of rotatable bonds is 15. The largest absolute Gasteiger partial charge is 0.352 e. The molecule has 0 radical (unpaired) electrons. The maximum absolute atomic E-state index is 12.9. The quantitative estimate of drug-likeness (QED) is 0.0951. The van der Waals surface area contributed by atoms with E-state index in [9.17, 15) is 41.7 Å². The van der Waals surface area contributed by atoms with Crippen LogP contribution < -0.4 is 21.7 Å². The van der Waals surface area contributed by atoms with Gasteiger partial charge in [-0.3, -0.25) is 33.4 Å². The van der Waals surface area contributed by atoms with Gasteiger partial charge in [-0.25, -0.2) is 4.79 Å². The second kappa shape index (κ2) is 13.7. The monoisotopic (exact) mass is 531 g/mol. The van der Waals surface area contributed by atoms with Crippen molar-refractivity contribution < 1.29 is 41.7 Å². The number of amides is 6. The molecule has 15 heteroatoms. The fourth-order valence-electron chi connectivity index (χ4n) is 3.43. The summed E-state index contributed by atoms with van der Waals surface area (Å²) in [6, 6.07) is -2.93. The molecule has 0 aromatic rings. The number of hydrogen-bond acceptors (Lipinski definition) is 8. The highest BCUT2D eigenvalue weighted by atomic mass is 32.2. The van der Waals surface area contributed by atoms with Gasteiger partial charge in [0.25, 0.3) is 21.9 Å². The van der Waals surface area contributed by atoms with Gasteiger partial charge in [-0.1, -0.05) is 20.8 Å². The standard InChI is InChI=1S/C21H33N5O9S/c1-4-14(27)13(6-5-10-23-21(22)32)24-20(31)18(12(2)3)25-19(30)15(36(33,34)35)9-11-26-16(28)7-8-17(26)29/h7-8,12-13,15,18H,4-6,9-11H2,1-3H3,(H,24,31)(H,25,30)(H3,22,23,32)(H,33,34,35)/t13-,15-,18-/m0/s1. The van der Waals surface area contributed by atoms with Crippen molar-refractivity contribution in [3.8, 4) is 0 Å². The molecule has 1 heterocycles. The highest BCUT2D eigenvalue weighted by Crippen LogP contribution is 2.13. The van der Waals surface area contributed by atoms with E-state index in [4.69, 9.17) is 5.73 Å². The molecule has 0 fully saturated rings. The van der Waals surface area contributed by atoms with Crippen molar-refractivity contribution >= 4 is 45.6 Å². The lowest BCUT2D eigenvalue weighted by Crippen LogP contribution is -2.56. The van der Waals surface area contributed by atoms with E-state index in [-0.39, 0.29) is 25.2 Å². The zero-order chi connectivity index (χ0) is 27.6. The number of ketones is 1. The molecule has 0 spiro atoms. The van der Waals surface area contributed by atoms with Gasteiger partial charge in [0.1, 0.15) is 6.04 Å². The average molecular weight is 532 g/mol. The molecule has 1 aliphatic rings. The lowest BCUT2D eigenvalue weighted by atomic mass is 10.00. The number of nitrogens with zero attached hydrogens (tertiary/aromatic N) is 1. The van der Waals surface area contributed by atoms with Crippen molar-refractivity contribution in [2.45, 2.75) is 63.8 Å². The Morgan fingerprint density at radius 2 is 1.61 bits per heavy atom. The minimum absolute atomic E-state index is 0.112. The Bertz CT molecular complexity index is 991. The second-order valence-corrected chi connectivity index (χ2v) is 10.1. The molecule has 0 aromatic heterocycles. The average Bonchev–Trinajstić information content (AvgIpc) is 3.09. The van der Waals surface area contributed by atoms with Crippen LogP contribution in [0.25, 0.3) is 0 Å². The number of nitrogens with two attached hydrogens (primary N) is 1. The minimum atomic E-state index is -4.96. The third kappa shape index (κ3) is 9.37. The number of Topliss-reactive ketones (excluding diaryl/α,β-unsaturated/α-hetero) is 1. The van der Waals surface area contributed by atoms with Crippen molar-refractivity contribution in [2.24, 2.45) is 11.7 Å². The van der Waals surface area contributed by atoms with Crippen LogP contribution in [-0.4, -0.2) is 83.7 Å². The Kier molecular flexibility index (Phi) is 11.7. The van der Waals surface area contributed by atoms with Crippen molar-refractivity contribution in [3.05, 3.63) is 12.2 Å². The molecule has 0 bridgehead atoms. The van der Waals surface area contributed by atoms with Gasteiger partial charge in [0.2, 0.25) is 11.8 Å². The second-order valence-electron chi connectivity index (χ2n) is 8.50. The van der Waals surface area contributed by atoms with Crippen molar-refractivity contribution in [1.29, 1.82) is 0 Å². The highest BCUT2D eigenvalue weighted by molar-refractivity contribution is 7.87. The first-order valence-electron chi connectivity index (χ1n) is 11.4. The van der Waals surface area contributed by atoms with E-state index in [1.54, 1.807) is 20.8 Å². The Morgan fingerprint density at radius 1 is 1.03 bits per heavy atom. The number of primary amides is 1. The fourth-order valence-corrected chi connectivity index (χ4v) is 4.18. The molecular formula is C21H33N5O9S. The number of nitrogens with one attached hydrogen (secondary N) is 3. The normalized spacial score (nSPS) is 16.0. The van der Waals surface area contributed by atoms with Crippen LogP contribution in [0.3, 0.4) is 0 Å². The van der Waals surface area contributed by atoms with Crippen LogP contribution in [0.15, 0.2) is 12.2 Å². The van der Waals surface area contributed by atoms with Gasteiger partial charge < -0.3 is 21.7 Å². The first kappa shape index (κ1) is 30.7. The number of carbonyl (C=O) groups is 6. The van der Waals surface area contributed by atoms with Crippen LogP contribution in [0.5, 0.6) is 0 Å². The fraction of sp³-hybridized carbons (Fsp3) is 0.619. The van der Waals surface area contributed by atoms with Gasteiger partial charge in [0.05, 0.1) is 6.04 Å². The summed E-state index contributed by atoms with van der Waals surface area (Å²) >= 11 is 0. The van der Waals surface area contributed by atoms with Gasteiger partial charge in [-0.2, -0.15) is 8.42 Å². The summed E-state index contributed by atoms with van der Waals surface area (Å²) in [4.78, 5) is 72.9. The Balaban J connectivity index is 2.92. The van der Waals surface area contributed by atoms with Crippen LogP contribution in [0.1, 0.15) is 46.5 Å². The van der Waals surface area contributed by atoms with Crippen LogP contribution >= 0.6 is 0 Å². The first-order chi connectivity index (χ1) is 16.7. The summed E-state index contributed by atoms with van der Waals surface area (Å²) in [7, 11) is -4.96. The molecule has 0 unspecified atom stereocenters. The van der Waals surface area contributed by atoms with E-state index in [2.05, 4.69) is 16.0 Å². The predicted molar refractivity (Wildman–Crippen MR) is 127 cm³/mol. The minimum Gasteiger partial charge on any atom is -0.352 e. The SMILES string of the molecule is CCC(=O)[C@H](CCCNC(N)=O)NC(=O)[C@@H](NC(=O)[C@H](CCN1C(=O)C=CC1=O)S(=O)(=O)O)C(C)C. The Labute approximate surface area is 209 Å². The third-order valence-corrected chi connectivity index (χ3v) is 6.61. The molecule has 202 valence electrons. The topological polar surface area (TPSA) is 222 Å². The van der Waals surface area contributed by atoms with Gasteiger partial charge in [-0.05, 0) is 25.2 Å². The number of imide groups is 1. The van der Waals surface area contributed by atoms with E-state index in [1.165, 1.54) is 0 Å². The Morgan fingerprint density at radius 3 is 2.08 bits per heavy atom. The van der Waals surface area contributed by atoms with Gasteiger partial charge in [0, 0.05) is 31.7 Å². The Hall–Kier alpha value is -3.33. The van der Waals surface area contributed by atoms with Gasteiger partial charge in [-0.15, -0.1) is 0 Å². The van der Waals surface area contributed by atoms with Gasteiger partial charge in [0.15, 0.2) is 11.0 Å². The van der Waals surface area contributed by atoms with E-state index < -0.39 is 76.0 Å². The summed E-state index contributed by atoms with van der Waals surface area (Å²) in [6.45, 7) is 4.48. The summed E-state index contributed by atoms with van der Waals surface area (Å²) in [5.74, 6) is -4.17. The molecule has 0 aromatic carbocycles.